The van der Waals surface area contributed by atoms with Crippen LogP contribution >= 0.6 is 22.6 Å². The van der Waals surface area contributed by atoms with Crippen LogP contribution in [0.4, 0.5) is 4.79 Å². The topological polar surface area (TPSA) is 102 Å². The highest BCUT2D eigenvalue weighted by molar-refractivity contribution is 14.1. The number of carboxylic acids is 1. The molecular weight excluding hydrogens is 381 g/mol. The molecule has 0 rings (SSSR count). The first-order chi connectivity index (χ1) is 9.12. The summed E-state index contributed by atoms with van der Waals surface area (Å²) < 4.78 is 10.4. The number of carbonyl (C=O) groups is 3. The predicted molar refractivity (Wildman–Crippen MR) is 79.9 cm³/mol. The molecule has 0 spiro atoms. The molecular formula is C12H20INO6. The molecule has 1 amide bonds. The minimum atomic E-state index is -1.78. The third-order valence-corrected chi connectivity index (χ3v) is 4.16. The van der Waals surface area contributed by atoms with Crippen molar-refractivity contribution in [3.63, 3.8) is 0 Å². The van der Waals surface area contributed by atoms with E-state index in [1.165, 1.54) is 0 Å². The highest BCUT2D eigenvalue weighted by atomic mass is 127. The number of hydrogen-bond acceptors (Lipinski definition) is 5. The maximum absolute atomic E-state index is 11.6. The second-order valence-electron chi connectivity index (χ2n) is 4.85. The Morgan fingerprint density at radius 2 is 1.90 bits per heavy atom. The highest BCUT2D eigenvalue weighted by Crippen LogP contribution is 2.13. The van der Waals surface area contributed by atoms with Crippen molar-refractivity contribution in [2.45, 2.75) is 51.9 Å². The second kappa shape index (κ2) is 8.28. The summed E-state index contributed by atoms with van der Waals surface area (Å²) in [6.07, 6.45) is -0.849. The molecule has 0 aromatic carbocycles. The lowest BCUT2D eigenvalue weighted by molar-refractivity contribution is -0.158. The predicted octanol–water partition coefficient (Wildman–Crippen LogP) is 1.72. The number of amides is 1. The molecule has 7 nitrogen and oxygen atoms in total. The molecule has 0 aromatic heterocycles. The SMILES string of the molecule is CCC(C)OC(=O)C(NC(=O)OC(C)(C)CI)C(=O)O. The Hall–Kier alpha value is -1.06. The Morgan fingerprint density at radius 1 is 1.35 bits per heavy atom. The number of alkyl halides is 1. The van der Waals surface area contributed by atoms with Gasteiger partial charge < -0.3 is 14.6 Å². The Bertz CT molecular complexity index is 371. The lowest BCUT2D eigenvalue weighted by Gasteiger charge is -2.24. The molecule has 0 aliphatic carbocycles. The lowest BCUT2D eigenvalue weighted by Crippen LogP contribution is -2.50. The van der Waals surface area contributed by atoms with Gasteiger partial charge in [-0.25, -0.2) is 14.4 Å². The van der Waals surface area contributed by atoms with E-state index in [-0.39, 0.29) is 0 Å². The molecule has 0 saturated carbocycles. The number of carbonyl (C=O) groups excluding carboxylic acids is 2. The number of nitrogens with one attached hydrogen (secondary N) is 1. The number of carboxylic acid groups (broad SMARTS) is 1. The first-order valence-electron chi connectivity index (χ1n) is 6.11. The van der Waals surface area contributed by atoms with Crippen molar-refractivity contribution in [1.29, 1.82) is 0 Å². The van der Waals surface area contributed by atoms with E-state index in [9.17, 15) is 14.4 Å². The zero-order valence-corrected chi connectivity index (χ0v) is 14.1. The van der Waals surface area contributed by atoms with Gasteiger partial charge in [-0.2, -0.15) is 0 Å². The molecule has 0 fully saturated rings. The Morgan fingerprint density at radius 3 is 2.30 bits per heavy atom. The summed E-state index contributed by atoms with van der Waals surface area (Å²) >= 11 is 2.03. The summed E-state index contributed by atoms with van der Waals surface area (Å²) in [4.78, 5) is 34.2. The first-order valence-corrected chi connectivity index (χ1v) is 7.64. The average molecular weight is 401 g/mol. The van der Waals surface area contributed by atoms with Gasteiger partial charge in [0.15, 0.2) is 0 Å². The van der Waals surface area contributed by atoms with E-state index in [1.54, 1.807) is 27.7 Å². The van der Waals surface area contributed by atoms with E-state index in [4.69, 9.17) is 14.6 Å². The molecule has 0 aliphatic rings. The summed E-state index contributed by atoms with van der Waals surface area (Å²) in [5.41, 5.74) is -0.756. The number of rotatable bonds is 7. The lowest BCUT2D eigenvalue weighted by atomic mass is 10.2. The maximum Gasteiger partial charge on any atom is 0.408 e. The van der Waals surface area contributed by atoms with E-state index in [1.807, 2.05) is 27.9 Å². The summed E-state index contributed by atoms with van der Waals surface area (Å²) in [7, 11) is 0. The van der Waals surface area contributed by atoms with Crippen molar-refractivity contribution in [2.24, 2.45) is 0 Å². The summed E-state index contributed by atoms with van der Waals surface area (Å²) in [5, 5.41) is 11.0. The molecule has 0 heterocycles. The van der Waals surface area contributed by atoms with E-state index < -0.39 is 35.8 Å². The van der Waals surface area contributed by atoms with Crippen molar-refractivity contribution < 1.29 is 29.0 Å². The molecule has 0 aliphatic heterocycles. The van der Waals surface area contributed by atoms with Crippen LogP contribution in [0.15, 0.2) is 0 Å². The van der Waals surface area contributed by atoms with Gasteiger partial charge in [0.25, 0.3) is 0 Å². The van der Waals surface area contributed by atoms with E-state index >= 15 is 0 Å². The highest BCUT2D eigenvalue weighted by Gasteiger charge is 2.33. The van der Waals surface area contributed by atoms with Gasteiger partial charge in [0.05, 0.1) is 6.10 Å². The number of aliphatic carboxylic acids is 1. The molecule has 2 unspecified atom stereocenters. The number of halogens is 1. The van der Waals surface area contributed by atoms with Crippen molar-refractivity contribution >= 4 is 40.6 Å². The van der Waals surface area contributed by atoms with Gasteiger partial charge in [-0.15, -0.1) is 0 Å². The third kappa shape index (κ3) is 6.92. The van der Waals surface area contributed by atoms with Crippen molar-refractivity contribution in [2.75, 3.05) is 4.43 Å². The Balaban J connectivity index is 4.67. The molecule has 0 radical (unpaired) electrons. The second-order valence-corrected chi connectivity index (χ2v) is 5.62. The van der Waals surface area contributed by atoms with Crippen LogP contribution in [0, 0.1) is 0 Å². The van der Waals surface area contributed by atoms with E-state index in [0.717, 1.165) is 0 Å². The standard InChI is InChI=1S/C12H20INO6/c1-5-7(2)19-10(17)8(9(15)16)14-11(18)20-12(3,4)6-13/h7-8H,5-6H2,1-4H3,(H,14,18)(H,15,16). The fourth-order valence-corrected chi connectivity index (χ4v) is 1.15. The molecule has 2 N–H and O–H groups in total. The fraction of sp³-hybridized carbons (Fsp3) is 0.750. The van der Waals surface area contributed by atoms with E-state index in [2.05, 4.69) is 0 Å². The zero-order chi connectivity index (χ0) is 15.9. The van der Waals surface area contributed by atoms with Gasteiger partial charge >= 0.3 is 18.0 Å². The third-order valence-electron chi connectivity index (χ3n) is 2.33. The van der Waals surface area contributed by atoms with Crippen molar-refractivity contribution in [3.8, 4) is 0 Å². The molecule has 0 aromatic rings. The molecule has 0 saturated heterocycles. The maximum atomic E-state index is 11.6. The van der Waals surface area contributed by atoms with Crippen LogP contribution in [0.5, 0.6) is 0 Å². The van der Waals surface area contributed by atoms with Gasteiger partial charge in [0, 0.05) is 4.43 Å². The fourth-order valence-electron chi connectivity index (χ4n) is 0.997. The number of hydrogen-bond donors (Lipinski definition) is 2. The number of alkyl carbamates (subject to hydrolysis) is 1. The summed E-state index contributed by atoms with van der Waals surface area (Å²) in [6.45, 7) is 6.77. The summed E-state index contributed by atoms with van der Waals surface area (Å²) in [6, 6.07) is -1.78. The van der Waals surface area contributed by atoms with Crippen LogP contribution in [-0.4, -0.2) is 45.3 Å². The smallest absolute Gasteiger partial charge is 0.408 e. The van der Waals surface area contributed by atoms with Gasteiger partial charge in [0.2, 0.25) is 6.04 Å². The van der Waals surface area contributed by atoms with Crippen LogP contribution in [0.25, 0.3) is 0 Å². The molecule has 8 heteroatoms. The van der Waals surface area contributed by atoms with Crippen LogP contribution in [-0.2, 0) is 19.1 Å². The van der Waals surface area contributed by atoms with E-state index in [0.29, 0.717) is 10.8 Å². The van der Waals surface area contributed by atoms with Gasteiger partial charge in [-0.05, 0) is 27.2 Å². The van der Waals surface area contributed by atoms with Gasteiger partial charge in [-0.1, -0.05) is 29.5 Å². The van der Waals surface area contributed by atoms with Crippen LogP contribution in [0.1, 0.15) is 34.1 Å². The normalized spacial score (nSPS) is 14.1. The first kappa shape index (κ1) is 18.9. The van der Waals surface area contributed by atoms with Crippen LogP contribution < -0.4 is 5.32 Å². The minimum absolute atomic E-state index is 0.423. The molecule has 2 atom stereocenters. The number of ether oxygens (including phenoxy) is 2. The largest absolute Gasteiger partial charge is 0.479 e. The zero-order valence-electron chi connectivity index (χ0n) is 11.9. The summed E-state index contributed by atoms with van der Waals surface area (Å²) in [5.74, 6) is -2.52. The molecule has 0 bridgehead atoms. The minimum Gasteiger partial charge on any atom is -0.479 e. The van der Waals surface area contributed by atoms with Crippen molar-refractivity contribution in [3.05, 3.63) is 0 Å². The Kier molecular flexibility index (Phi) is 7.84. The van der Waals surface area contributed by atoms with Crippen LogP contribution in [0.3, 0.4) is 0 Å². The average Bonchev–Trinajstić information content (AvgIpc) is 2.34. The van der Waals surface area contributed by atoms with Gasteiger partial charge in [0.1, 0.15) is 5.60 Å². The molecule has 20 heavy (non-hydrogen) atoms. The monoisotopic (exact) mass is 401 g/mol. The number of esters is 1. The van der Waals surface area contributed by atoms with Crippen molar-refractivity contribution in [1.82, 2.24) is 5.32 Å². The quantitative estimate of drug-likeness (QED) is 0.292. The Labute approximate surface area is 131 Å². The van der Waals surface area contributed by atoms with Crippen LogP contribution in [0.2, 0.25) is 0 Å². The van der Waals surface area contributed by atoms with Gasteiger partial charge in [-0.3, -0.25) is 5.32 Å². The molecule has 116 valence electrons.